The van der Waals surface area contributed by atoms with Crippen molar-refractivity contribution in [2.24, 2.45) is 0 Å². The van der Waals surface area contributed by atoms with Crippen molar-refractivity contribution in [1.82, 2.24) is 19.1 Å². The van der Waals surface area contributed by atoms with Gasteiger partial charge in [0.15, 0.2) is 17.2 Å². The maximum absolute atomic E-state index is 6.50. The molecule has 0 unspecified atom stereocenters. The fraction of sp³-hybridized carbons (Fsp3) is 0. The van der Waals surface area contributed by atoms with Crippen LogP contribution in [0, 0.1) is 0 Å². The molecular weight excluding hydrogens is 552 g/mol. The Morgan fingerprint density at radius 3 is 1.44 bits per heavy atom. The fourth-order valence-electron chi connectivity index (χ4n) is 6.97. The third kappa shape index (κ3) is 3.43. The number of nitrogens with zero attached hydrogens (tertiary/aromatic N) is 4. The van der Waals surface area contributed by atoms with Gasteiger partial charge in [0.1, 0.15) is 11.1 Å². The van der Waals surface area contributed by atoms with Gasteiger partial charge in [-0.15, -0.1) is 0 Å². The number of rotatable bonds is 3. The van der Waals surface area contributed by atoms with E-state index in [1.807, 2.05) is 18.2 Å². The van der Waals surface area contributed by atoms with Crippen LogP contribution >= 0.6 is 0 Å². The van der Waals surface area contributed by atoms with Gasteiger partial charge in [-0.3, -0.25) is 4.57 Å². The number of hydrogen-bond donors (Lipinski definition) is 0. The Balaban J connectivity index is 1.22. The van der Waals surface area contributed by atoms with Gasteiger partial charge in [-0.05, 0) is 60.7 Å². The normalized spacial score (nSPS) is 12.0. The van der Waals surface area contributed by atoms with E-state index in [-0.39, 0.29) is 0 Å². The number of aromatic nitrogens is 4. The number of hydrogen-bond acceptors (Lipinski definition) is 3. The van der Waals surface area contributed by atoms with Crippen molar-refractivity contribution in [2.45, 2.75) is 0 Å². The number of benzene rings is 6. The molecule has 10 aromatic rings. The van der Waals surface area contributed by atoms with E-state index in [1.165, 1.54) is 32.6 Å². The molecule has 4 heterocycles. The van der Waals surface area contributed by atoms with Crippen LogP contribution in [0.1, 0.15) is 0 Å². The van der Waals surface area contributed by atoms with Gasteiger partial charge in [-0.1, -0.05) is 84.9 Å². The molecule has 0 aliphatic heterocycles. The third-order valence-electron chi connectivity index (χ3n) is 8.96. The quantitative estimate of drug-likeness (QED) is 0.210. The summed E-state index contributed by atoms with van der Waals surface area (Å²) in [6.45, 7) is 0. The molecule has 0 saturated carbocycles. The standard InChI is InChI=1S/C40H24N4O/c1-6-16-32-27(11-1)28-12-2-7-17-33(28)43(32)26-23-21-25(22-24-26)39-41-37-31-15-5-10-20-36(31)45-38(37)40(42-39)44-34-18-8-3-13-29(34)30-14-4-9-19-35(30)44/h1-24H. The highest BCUT2D eigenvalue weighted by Crippen LogP contribution is 2.38. The van der Waals surface area contributed by atoms with E-state index in [1.54, 1.807) is 0 Å². The minimum atomic E-state index is 0.652. The second-order valence-corrected chi connectivity index (χ2v) is 11.4. The molecule has 6 aromatic carbocycles. The Morgan fingerprint density at radius 1 is 0.422 bits per heavy atom. The van der Waals surface area contributed by atoms with Gasteiger partial charge in [-0.2, -0.15) is 0 Å². The summed E-state index contributed by atoms with van der Waals surface area (Å²) in [5, 5.41) is 5.81. The molecule has 0 radical (unpaired) electrons. The Kier molecular flexibility index (Phi) is 4.93. The fourth-order valence-corrected chi connectivity index (χ4v) is 6.97. The summed E-state index contributed by atoms with van der Waals surface area (Å²) >= 11 is 0. The third-order valence-corrected chi connectivity index (χ3v) is 8.96. The summed E-state index contributed by atoms with van der Waals surface area (Å²) < 4.78 is 11.0. The summed E-state index contributed by atoms with van der Waals surface area (Å²) in [5.74, 6) is 1.38. The van der Waals surface area contributed by atoms with Crippen LogP contribution in [0.3, 0.4) is 0 Å². The highest BCUT2D eigenvalue weighted by Gasteiger charge is 2.22. The predicted octanol–water partition coefficient (Wildman–Crippen LogP) is 10.2. The minimum Gasteiger partial charge on any atom is -0.450 e. The molecule has 0 bridgehead atoms. The molecule has 0 aliphatic rings. The zero-order valence-electron chi connectivity index (χ0n) is 24.1. The lowest BCUT2D eigenvalue weighted by atomic mass is 10.1. The van der Waals surface area contributed by atoms with Gasteiger partial charge >= 0.3 is 0 Å². The van der Waals surface area contributed by atoms with Crippen LogP contribution in [0.15, 0.2) is 150 Å². The molecule has 4 aromatic heterocycles. The maximum Gasteiger partial charge on any atom is 0.197 e. The van der Waals surface area contributed by atoms with E-state index in [9.17, 15) is 0 Å². The molecule has 0 aliphatic carbocycles. The summed E-state index contributed by atoms with van der Waals surface area (Å²) in [7, 11) is 0. The Bertz CT molecular complexity index is 2660. The first-order chi connectivity index (χ1) is 22.3. The monoisotopic (exact) mass is 576 g/mol. The molecule has 0 atom stereocenters. The highest BCUT2D eigenvalue weighted by atomic mass is 16.3. The Morgan fingerprint density at radius 2 is 0.889 bits per heavy atom. The molecule has 45 heavy (non-hydrogen) atoms. The zero-order valence-corrected chi connectivity index (χ0v) is 24.1. The molecule has 10 rings (SSSR count). The summed E-state index contributed by atoms with van der Waals surface area (Å²) in [5.41, 5.74) is 8.82. The average molecular weight is 577 g/mol. The van der Waals surface area contributed by atoms with Crippen LogP contribution in [0.2, 0.25) is 0 Å². The van der Waals surface area contributed by atoms with Crippen molar-refractivity contribution in [1.29, 1.82) is 0 Å². The van der Waals surface area contributed by atoms with E-state index in [0.29, 0.717) is 11.4 Å². The Hall–Kier alpha value is -6.20. The van der Waals surface area contributed by atoms with Crippen LogP contribution in [0.25, 0.3) is 88.6 Å². The lowest BCUT2D eigenvalue weighted by molar-refractivity contribution is 0.662. The van der Waals surface area contributed by atoms with Crippen LogP contribution < -0.4 is 0 Å². The van der Waals surface area contributed by atoms with Gasteiger partial charge < -0.3 is 8.98 Å². The average Bonchev–Trinajstić information content (AvgIpc) is 3.76. The predicted molar refractivity (Wildman–Crippen MR) is 183 cm³/mol. The van der Waals surface area contributed by atoms with Crippen molar-refractivity contribution < 1.29 is 4.42 Å². The lowest BCUT2D eigenvalue weighted by Crippen LogP contribution is -2.02. The first-order valence-electron chi connectivity index (χ1n) is 15.1. The molecule has 5 heteroatoms. The van der Waals surface area contributed by atoms with Crippen molar-refractivity contribution in [3.8, 4) is 22.9 Å². The van der Waals surface area contributed by atoms with E-state index >= 15 is 0 Å². The number of para-hydroxylation sites is 5. The van der Waals surface area contributed by atoms with Gasteiger partial charge in [0.2, 0.25) is 0 Å². The van der Waals surface area contributed by atoms with E-state index < -0.39 is 0 Å². The lowest BCUT2D eigenvalue weighted by Gasteiger charge is -2.11. The molecule has 0 fully saturated rings. The maximum atomic E-state index is 6.50. The number of furan rings is 1. The molecule has 0 saturated heterocycles. The molecular formula is C40H24N4O. The first kappa shape index (κ1) is 24.3. The van der Waals surface area contributed by atoms with Crippen molar-refractivity contribution in [2.75, 3.05) is 0 Å². The molecule has 0 spiro atoms. The largest absolute Gasteiger partial charge is 0.450 e. The van der Waals surface area contributed by atoms with Crippen LogP contribution in [0.5, 0.6) is 0 Å². The zero-order chi connectivity index (χ0) is 29.5. The van der Waals surface area contributed by atoms with Gasteiger partial charge in [0.25, 0.3) is 0 Å². The summed E-state index contributed by atoms with van der Waals surface area (Å²) in [6.07, 6.45) is 0. The Labute approximate surface area is 257 Å². The van der Waals surface area contributed by atoms with Gasteiger partial charge in [-0.25, -0.2) is 9.97 Å². The molecule has 5 nitrogen and oxygen atoms in total. The van der Waals surface area contributed by atoms with Crippen molar-refractivity contribution >= 4 is 65.7 Å². The number of fused-ring (bicyclic) bond motifs is 9. The molecule has 210 valence electrons. The van der Waals surface area contributed by atoms with Crippen LogP contribution in [0.4, 0.5) is 0 Å². The second-order valence-electron chi connectivity index (χ2n) is 11.4. The molecule has 0 amide bonds. The van der Waals surface area contributed by atoms with Gasteiger partial charge in [0.05, 0.1) is 22.1 Å². The summed E-state index contributed by atoms with van der Waals surface area (Å²) in [4.78, 5) is 10.4. The van der Waals surface area contributed by atoms with Crippen LogP contribution in [-0.2, 0) is 0 Å². The smallest absolute Gasteiger partial charge is 0.197 e. The first-order valence-corrected chi connectivity index (χ1v) is 15.1. The topological polar surface area (TPSA) is 48.8 Å². The van der Waals surface area contributed by atoms with E-state index in [0.717, 1.165) is 44.6 Å². The highest BCUT2D eigenvalue weighted by molar-refractivity contribution is 6.12. The van der Waals surface area contributed by atoms with Crippen LogP contribution in [-0.4, -0.2) is 19.1 Å². The molecule has 0 N–H and O–H groups in total. The van der Waals surface area contributed by atoms with Crippen molar-refractivity contribution in [3.05, 3.63) is 146 Å². The second kappa shape index (κ2) is 9.15. The van der Waals surface area contributed by atoms with E-state index in [2.05, 4.69) is 137 Å². The van der Waals surface area contributed by atoms with Gasteiger partial charge in [0, 0.05) is 38.2 Å². The van der Waals surface area contributed by atoms with E-state index in [4.69, 9.17) is 14.4 Å². The SMILES string of the molecule is c1ccc2c(c1)oc1c(-n3c4ccccc4c4ccccc43)nc(-c3ccc(-n4c5ccccc5c5ccccc54)cc3)nc12. The minimum absolute atomic E-state index is 0.652. The summed E-state index contributed by atoms with van der Waals surface area (Å²) in [6, 6.07) is 50.7. The van der Waals surface area contributed by atoms with Crippen molar-refractivity contribution in [3.63, 3.8) is 0 Å².